The van der Waals surface area contributed by atoms with Gasteiger partial charge >= 0.3 is 0 Å². The molecule has 0 aliphatic heterocycles. The molecule has 0 fully saturated rings. The van der Waals surface area contributed by atoms with E-state index >= 15 is 0 Å². The van der Waals surface area contributed by atoms with E-state index in [9.17, 15) is 40.1 Å². The summed E-state index contributed by atoms with van der Waals surface area (Å²) < 4.78 is 103. The Morgan fingerprint density at radius 3 is 2.33 bits per heavy atom. The fourth-order valence-electron chi connectivity index (χ4n) is 5.62. The highest BCUT2D eigenvalue weighted by Crippen LogP contribution is 2.46. The summed E-state index contributed by atoms with van der Waals surface area (Å²) in [6, 6.07) is 22.4. The zero-order valence-corrected chi connectivity index (χ0v) is 29.1. The van der Waals surface area contributed by atoms with E-state index in [1.807, 2.05) is 0 Å². The third-order valence-corrected chi connectivity index (χ3v) is 11.5. The van der Waals surface area contributed by atoms with E-state index < -0.39 is 44.0 Å². The number of nitrogens with zero attached hydrogens (tertiary/aromatic N) is 2. The maximum Gasteiger partial charge on any atom is 0.268 e. The number of hydrogen-bond donors (Lipinski definition) is 2. The van der Waals surface area contributed by atoms with Crippen molar-refractivity contribution < 1.29 is 39.4 Å². The third-order valence-electron chi connectivity index (χ3n) is 7.92. The smallest absolute Gasteiger partial charge is 0.268 e. The van der Waals surface area contributed by atoms with Crippen molar-refractivity contribution in [2.45, 2.75) is 11.3 Å². The monoisotopic (exact) mass is 769 g/mol. The molecular formula is C35H23ClF3N3O6S3. The molecule has 2 aromatic heterocycles. The number of aromatic nitrogens is 1. The number of alkyl halides is 2. The van der Waals surface area contributed by atoms with Gasteiger partial charge in [0, 0.05) is 50.3 Å². The summed E-state index contributed by atoms with van der Waals surface area (Å²) in [5.74, 6) is -1.98. The van der Waals surface area contributed by atoms with Crippen LogP contribution in [0.5, 0.6) is 0 Å². The quantitative estimate of drug-likeness (QED) is 0.134. The van der Waals surface area contributed by atoms with E-state index in [2.05, 4.69) is 11.4 Å². The summed E-state index contributed by atoms with van der Waals surface area (Å²) >= 11 is 7.73. The zero-order chi connectivity index (χ0) is 36.7. The number of benzene rings is 4. The molecule has 0 aliphatic carbocycles. The summed E-state index contributed by atoms with van der Waals surface area (Å²) in [5, 5.41) is 14.3. The van der Waals surface area contributed by atoms with Crippen LogP contribution in [0.25, 0.3) is 44.4 Å². The molecule has 0 aliphatic rings. The van der Waals surface area contributed by atoms with Gasteiger partial charge in [-0.2, -0.15) is 13.7 Å². The van der Waals surface area contributed by atoms with Gasteiger partial charge in [0.2, 0.25) is 0 Å². The Hall–Kier alpha value is -4.98. The van der Waals surface area contributed by atoms with Gasteiger partial charge in [-0.1, -0.05) is 48.0 Å². The third kappa shape index (κ3) is 7.14. The highest BCUT2D eigenvalue weighted by atomic mass is 35.5. The van der Waals surface area contributed by atoms with Crippen molar-refractivity contribution in [3.63, 3.8) is 0 Å². The number of rotatable bonds is 10. The molecule has 2 heterocycles. The molecule has 16 heteroatoms. The number of hydrogen-bond acceptors (Lipinski definition) is 7. The SMILES string of the molecule is N#Cc1sccc1-c1c(-c2cccc(-c3ccc(C(=O)NCCS(=O)(=O)O)cc3Cl)c2)n(S(=O)(=O)c2ccc(C(F)F)cc2)c2ccc(F)cc12. The molecule has 0 spiro atoms. The van der Waals surface area contributed by atoms with Crippen LogP contribution >= 0.6 is 22.9 Å². The minimum Gasteiger partial charge on any atom is -0.351 e. The van der Waals surface area contributed by atoms with Crippen molar-refractivity contribution >= 4 is 59.9 Å². The van der Waals surface area contributed by atoms with Gasteiger partial charge in [0.05, 0.1) is 21.9 Å². The topological polar surface area (TPSA) is 146 Å². The largest absolute Gasteiger partial charge is 0.351 e. The van der Waals surface area contributed by atoms with Crippen molar-refractivity contribution in [3.8, 4) is 39.6 Å². The second-order valence-corrected chi connectivity index (χ2v) is 15.8. The molecule has 1 amide bonds. The lowest BCUT2D eigenvalue weighted by molar-refractivity contribution is 0.0956. The Balaban J connectivity index is 1.55. The molecule has 0 radical (unpaired) electrons. The summed E-state index contributed by atoms with van der Waals surface area (Å²) in [6.45, 7) is -0.337. The standard InChI is InChI=1S/C35H23ClF3N3O6S3/c36-29-17-23(35(43)41-13-15-50(44,45)46)6-10-26(29)21-2-1-3-22(16-21)33-32(27-12-14-49-31(27)19-40)28-18-24(37)7-11-30(28)42(33)51(47,48)25-8-4-20(5-9-25)34(38)39/h1-12,14,16-18,34H,13,15H2,(H,41,43)(H,44,45,46). The van der Waals surface area contributed by atoms with Gasteiger partial charge in [0.25, 0.3) is 32.5 Å². The molecule has 6 rings (SSSR count). The van der Waals surface area contributed by atoms with E-state index in [4.69, 9.17) is 16.2 Å². The molecule has 6 aromatic rings. The Morgan fingerprint density at radius 2 is 1.67 bits per heavy atom. The van der Waals surface area contributed by atoms with E-state index in [-0.39, 0.29) is 54.6 Å². The lowest BCUT2D eigenvalue weighted by Gasteiger charge is -2.15. The highest BCUT2D eigenvalue weighted by molar-refractivity contribution is 7.90. The van der Waals surface area contributed by atoms with Gasteiger partial charge in [-0.25, -0.2) is 25.6 Å². The zero-order valence-electron chi connectivity index (χ0n) is 25.8. The lowest BCUT2D eigenvalue weighted by atomic mass is 9.96. The van der Waals surface area contributed by atoms with Gasteiger partial charge in [-0.05, 0) is 65.5 Å². The summed E-state index contributed by atoms with van der Waals surface area (Å²) in [7, 11) is -8.85. The number of thiophene rings is 1. The second kappa shape index (κ2) is 14.0. The predicted octanol–water partition coefficient (Wildman–Crippen LogP) is 8.16. The number of carbonyl (C=O) groups excluding carboxylic acids is 1. The van der Waals surface area contributed by atoms with Crippen molar-refractivity contribution in [2.75, 3.05) is 12.3 Å². The molecule has 9 nitrogen and oxygen atoms in total. The van der Waals surface area contributed by atoms with Crippen LogP contribution < -0.4 is 5.32 Å². The van der Waals surface area contributed by atoms with Crippen molar-refractivity contribution in [1.29, 1.82) is 5.26 Å². The van der Waals surface area contributed by atoms with Crippen molar-refractivity contribution in [2.24, 2.45) is 0 Å². The normalized spacial score (nSPS) is 11.9. The molecule has 0 atom stereocenters. The average Bonchev–Trinajstić information content (AvgIpc) is 3.70. The fourth-order valence-corrected chi connectivity index (χ4v) is 8.51. The lowest BCUT2D eigenvalue weighted by Crippen LogP contribution is -2.28. The minimum atomic E-state index is -4.56. The average molecular weight is 770 g/mol. The molecule has 0 unspecified atom stereocenters. The number of amides is 1. The molecule has 0 saturated heterocycles. The number of fused-ring (bicyclic) bond motifs is 1. The Bertz CT molecular complexity index is 2600. The first-order valence-electron chi connectivity index (χ1n) is 14.8. The minimum absolute atomic E-state index is 0.0660. The highest BCUT2D eigenvalue weighted by Gasteiger charge is 2.30. The van der Waals surface area contributed by atoms with Crippen LogP contribution in [0.1, 0.15) is 27.2 Å². The molecule has 260 valence electrons. The summed E-state index contributed by atoms with van der Waals surface area (Å²) in [4.78, 5) is 12.5. The number of nitriles is 1. The summed E-state index contributed by atoms with van der Waals surface area (Å²) in [5.41, 5.74) is 1.68. The van der Waals surface area contributed by atoms with E-state index in [0.29, 0.717) is 22.3 Å². The summed E-state index contributed by atoms with van der Waals surface area (Å²) in [6.07, 6.45) is -2.83. The number of halogens is 4. The van der Waals surface area contributed by atoms with Gasteiger partial charge in [0.1, 0.15) is 16.8 Å². The number of carbonyl (C=O) groups is 1. The van der Waals surface area contributed by atoms with Crippen molar-refractivity contribution in [1.82, 2.24) is 9.29 Å². The Labute approximate surface area is 299 Å². The van der Waals surface area contributed by atoms with Crippen LogP contribution in [0.2, 0.25) is 5.02 Å². The van der Waals surface area contributed by atoms with E-state index in [0.717, 1.165) is 45.6 Å². The molecule has 0 bridgehead atoms. The maximum absolute atomic E-state index is 14.9. The van der Waals surface area contributed by atoms with Gasteiger partial charge in [0.15, 0.2) is 0 Å². The first-order valence-corrected chi connectivity index (χ1v) is 19.1. The Morgan fingerprint density at radius 1 is 0.941 bits per heavy atom. The van der Waals surface area contributed by atoms with Gasteiger partial charge in [-0.15, -0.1) is 11.3 Å². The first kappa shape index (κ1) is 35.8. The molecular weight excluding hydrogens is 747 g/mol. The van der Waals surface area contributed by atoms with Crippen LogP contribution in [0.4, 0.5) is 13.2 Å². The van der Waals surface area contributed by atoms with Crippen LogP contribution in [-0.2, 0) is 20.1 Å². The first-order chi connectivity index (χ1) is 24.2. The van der Waals surface area contributed by atoms with E-state index in [1.165, 1.54) is 24.3 Å². The van der Waals surface area contributed by atoms with Gasteiger partial charge < -0.3 is 5.32 Å². The van der Waals surface area contributed by atoms with Crippen LogP contribution in [-0.4, -0.2) is 43.6 Å². The molecule has 0 saturated carbocycles. The van der Waals surface area contributed by atoms with Crippen molar-refractivity contribution in [3.05, 3.63) is 123 Å². The maximum atomic E-state index is 14.9. The van der Waals surface area contributed by atoms with Gasteiger partial charge in [-0.3, -0.25) is 9.35 Å². The Kier molecular flexibility index (Phi) is 9.82. The molecule has 2 N–H and O–H groups in total. The number of nitrogens with one attached hydrogen (secondary N) is 1. The van der Waals surface area contributed by atoms with Crippen LogP contribution in [0.3, 0.4) is 0 Å². The molecule has 4 aromatic carbocycles. The van der Waals surface area contributed by atoms with E-state index in [1.54, 1.807) is 41.8 Å². The second-order valence-electron chi connectivity index (χ2n) is 11.1. The molecule has 51 heavy (non-hydrogen) atoms. The predicted molar refractivity (Wildman–Crippen MR) is 189 cm³/mol. The fraction of sp³-hybridized carbons (Fsp3) is 0.0857. The van der Waals surface area contributed by atoms with Crippen LogP contribution in [0, 0.1) is 17.1 Å². The van der Waals surface area contributed by atoms with Crippen LogP contribution in [0.15, 0.2) is 101 Å².